The first-order valence-corrected chi connectivity index (χ1v) is 5.60. The van der Waals surface area contributed by atoms with Crippen molar-refractivity contribution < 1.29 is 4.74 Å². The molecule has 0 aliphatic heterocycles. The molecule has 0 bridgehead atoms. The molecule has 3 heteroatoms. The molecule has 0 amide bonds. The largest absolute Gasteiger partial charge is 0.495 e. The Balaban J connectivity index is 2.55. The van der Waals surface area contributed by atoms with E-state index >= 15 is 0 Å². The summed E-state index contributed by atoms with van der Waals surface area (Å²) in [4.78, 5) is 0. The lowest BCUT2D eigenvalue weighted by Crippen LogP contribution is -2.12. The summed E-state index contributed by atoms with van der Waals surface area (Å²) in [6.45, 7) is 7.66. The standard InChI is InChI=1S/C13H22N2O/c1-13(2,3)7-8-15-10-5-6-11(14)12(9-10)16-4/h5-6,9,15H,7-8,14H2,1-4H3. The van der Waals surface area contributed by atoms with Gasteiger partial charge in [-0.15, -0.1) is 0 Å². The van der Waals surface area contributed by atoms with Crippen LogP contribution in [0.3, 0.4) is 0 Å². The molecule has 0 aliphatic rings. The quantitative estimate of drug-likeness (QED) is 0.769. The van der Waals surface area contributed by atoms with Crippen LogP contribution in [-0.4, -0.2) is 13.7 Å². The number of ether oxygens (including phenoxy) is 1. The summed E-state index contributed by atoms with van der Waals surface area (Å²) in [5.74, 6) is 0.723. The average Bonchev–Trinajstić information content (AvgIpc) is 2.18. The predicted molar refractivity (Wildman–Crippen MR) is 70.0 cm³/mol. The Kier molecular flexibility index (Phi) is 4.05. The van der Waals surface area contributed by atoms with E-state index < -0.39 is 0 Å². The van der Waals surface area contributed by atoms with Crippen molar-refractivity contribution in [3.63, 3.8) is 0 Å². The molecule has 0 heterocycles. The maximum Gasteiger partial charge on any atom is 0.143 e. The van der Waals surface area contributed by atoms with E-state index in [0.717, 1.165) is 24.4 Å². The predicted octanol–water partition coefficient (Wildman–Crippen LogP) is 3.13. The first-order valence-electron chi connectivity index (χ1n) is 5.60. The molecule has 1 rings (SSSR count). The van der Waals surface area contributed by atoms with Gasteiger partial charge in [0.05, 0.1) is 12.8 Å². The van der Waals surface area contributed by atoms with Gasteiger partial charge in [-0.2, -0.15) is 0 Å². The number of rotatable bonds is 4. The normalized spacial score (nSPS) is 11.2. The molecule has 0 saturated heterocycles. The van der Waals surface area contributed by atoms with E-state index in [9.17, 15) is 0 Å². The zero-order chi connectivity index (χ0) is 12.2. The fraction of sp³-hybridized carbons (Fsp3) is 0.538. The van der Waals surface area contributed by atoms with Crippen LogP contribution in [-0.2, 0) is 0 Å². The minimum absolute atomic E-state index is 0.352. The lowest BCUT2D eigenvalue weighted by molar-refractivity contribution is 0.389. The third-order valence-electron chi connectivity index (χ3n) is 2.44. The molecule has 0 aliphatic carbocycles. The van der Waals surface area contributed by atoms with Crippen molar-refractivity contribution >= 4 is 11.4 Å². The Bertz CT molecular complexity index is 342. The number of benzene rings is 1. The van der Waals surface area contributed by atoms with Gasteiger partial charge < -0.3 is 15.8 Å². The minimum atomic E-state index is 0.352. The number of nitrogens with two attached hydrogens (primary N) is 1. The molecule has 0 unspecified atom stereocenters. The number of hydrogen-bond acceptors (Lipinski definition) is 3. The summed E-state index contributed by atoms with van der Waals surface area (Å²) in [6, 6.07) is 5.76. The van der Waals surface area contributed by atoms with E-state index in [0.29, 0.717) is 11.1 Å². The zero-order valence-corrected chi connectivity index (χ0v) is 10.6. The minimum Gasteiger partial charge on any atom is -0.495 e. The molecule has 0 saturated carbocycles. The highest BCUT2D eigenvalue weighted by Crippen LogP contribution is 2.25. The SMILES string of the molecule is COc1cc(NCCC(C)(C)C)ccc1N. The van der Waals surface area contributed by atoms with Crippen LogP contribution in [0.1, 0.15) is 27.2 Å². The molecular formula is C13H22N2O. The molecule has 16 heavy (non-hydrogen) atoms. The van der Waals surface area contributed by atoms with Gasteiger partial charge in [0.15, 0.2) is 0 Å². The van der Waals surface area contributed by atoms with Crippen LogP contribution in [0.25, 0.3) is 0 Å². The van der Waals surface area contributed by atoms with Gasteiger partial charge in [-0.3, -0.25) is 0 Å². The summed E-state index contributed by atoms with van der Waals surface area (Å²) in [5, 5.41) is 3.37. The van der Waals surface area contributed by atoms with E-state index in [4.69, 9.17) is 10.5 Å². The smallest absolute Gasteiger partial charge is 0.143 e. The molecule has 3 N–H and O–H groups in total. The molecule has 0 aromatic heterocycles. The van der Waals surface area contributed by atoms with Crippen molar-refractivity contribution in [2.75, 3.05) is 24.7 Å². The van der Waals surface area contributed by atoms with Crippen LogP contribution in [0.15, 0.2) is 18.2 Å². The van der Waals surface area contributed by atoms with Crippen LogP contribution in [0.2, 0.25) is 0 Å². The maximum absolute atomic E-state index is 5.75. The van der Waals surface area contributed by atoms with Gasteiger partial charge in [0, 0.05) is 18.3 Å². The van der Waals surface area contributed by atoms with Crippen LogP contribution < -0.4 is 15.8 Å². The van der Waals surface area contributed by atoms with Crippen molar-refractivity contribution in [2.45, 2.75) is 27.2 Å². The third-order valence-corrected chi connectivity index (χ3v) is 2.44. The molecule has 0 spiro atoms. The molecule has 0 fully saturated rings. The molecule has 0 atom stereocenters. The molecule has 1 aromatic carbocycles. The molecule has 90 valence electrons. The fourth-order valence-corrected chi connectivity index (χ4v) is 1.40. The number of methoxy groups -OCH3 is 1. The number of anilines is 2. The van der Waals surface area contributed by atoms with Gasteiger partial charge in [-0.05, 0) is 24.0 Å². The van der Waals surface area contributed by atoms with Gasteiger partial charge in [-0.1, -0.05) is 20.8 Å². The Morgan fingerprint density at radius 2 is 2.00 bits per heavy atom. The van der Waals surface area contributed by atoms with Gasteiger partial charge in [0.25, 0.3) is 0 Å². The second-order valence-corrected chi connectivity index (χ2v) is 5.19. The van der Waals surface area contributed by atoms with Crippen molar-refractivity contribution in [1.82, 2.24) is 0 Å². The monoisotopic (exact) mass is 222 g/mol. The first kappa shape index (κ1) is 12.7. The summed E-state index contributed by atoms with van der Waals surface area (Å²) >= 11 is 0. The molecule has 3 nitrogen and oxygen atoms in total. The van der Waals surface area contributed by atoms with E-state index in [-0.39, 0.29) is 0 Å². The number of hydrogen-bond donors (Lipinski definition) is 2. The summed E-state index contributed by atoms with van der Waals surface area (Å²) in [7, 11) is 1.63. The van der Waals surface area contributed by atoms with Gasteiger partial charge in [0.2, 0.25) is 0 Å². The Morgan fingerprint density at radius 1 is 1.31 bits per heavy atom. The van der Waals surface area contributed by atoms with Crippen molar-refractivity contribution in [3.8, 4) is 5.75 Å². The Morgan fingerprint density at radius 3 is 2.56 bits per heavy atom. The molecule has 0 radical (unpaired) electrons. The third kappa shape index (κ3) is 4.01. The number of nitrogen functional groups attached to an aromatic ring is 1. The van der Waals surface area contributed by atoms with Crippen molar-refractivity contribution in [2.24, 2.45) is 5.41 Å². The van der Waals surface area contributed by atoms with Crippen LogP contribution in [0.5, 0.6) is 5.75 Å². The summed E-state index contributed by atoms with van der Waals surface area (Å²) in [5.41, 5.74) is 7.82. The van der Waals surface area contributed by atoms with E-state index in [1.165, 1.54) is 0 Å². The van der Waals surface area contributed by atoms with Crippen molar-refractivity contribution in [3.05, 3.63) is 18.2 Å². The number of nitrogens with one attached hydrogen (secondary N) is 1. The summed E-state index contributed by atoms with van der Waals surface area (Å²) < 4.78 is 5.17. The van der Waals surface area contributed by atoms with Gasteiger partial charge >= 0.3 is 0 Å². The highest BCUT2D eigenvalue weighted by atomic mass is 16.5. The van der Waals surface area contributed by atoms with E-state index in [1.807, 2.05) is 18.2 Å². The van der Waals surface area contributed by atoms with E-state index in [2.05, 4.69) is 26.1 Å². The molecular weight excluding hydrogens is 200 g/mol. The second kappa shape index (κ2) is 5.10. The summed E-state index contributed by atoms with van der Waals surface area (Å²) in [6.07, 6.45) is 1.12. The topological polar surface area (TPSA) is 47.3 Å². The highest BCUT2D eigenvalue weighted by Gasteiger charge is 2.09. The van der Waals surface area contributed by atoms with Gasteiger partial charge in [-0.25, -0.2) is 0 Å². The van der Waals surface area contributed by atoms with Gasteiger partial charge in [0.1, 0.15) is 5.75 Å². The fourth-order valence-electron chi connectivity index (χ4n) is 1.40. The zero-order valence-electron chi connectivity index (χ0n) is 10.6. The van der Waals surface area contributed by atoms with E-state index in [1.54, 1.807) is 7.11 Å². The van der Waals surface area contributed by atoms with Crippen molar-refractivity contribution in [1.29, 1.82) is 0 Å². The Hall–Kier alpha value is -1.38. The average molecular weight is 222 g/mol. The highest BCUT2D eigenvalue weighted by molar-refractivity contribution is 5.61. The lowest BCUT2D eigenvalue weighted by Gasteiger charge is -2.18. The first-order chi connectivity index (χ1) is 7.42. The maximum atomic E-state index is 5.75. The van der Waals surface area contributed by atoms with Crippen LogP contribution >= 0.6 is 0 Å². The van der Waals surface area contributed by atoms with Crippen LogP contribution in [0.4, 0.5) is 11.4 Å². The second-order valence-electron chi connectivity index (χ2n) is 5.19. The Labute approximate surface area is 98.0 Å². The lowest BCUT2D eigenvalue weighted by atomic mass is 9.92. The van der Waals surface area contributed by atoms with Crippen LogP contribution in [0, 0.1) is 5.41 Å². The molecule has 1 aromatic rings.